The third kappa shape index (κ3) is 18.1. The molecule has 0 aliphatic rings. The Morgan fingerprint density at radius 2 is 1.48 bits per heavy atom. The Kier molecular flexibility index (Phi) is 14.9. The molecule has 0 radical (unpaired) electrons. The lowest BCUT2D eigenvalue weighted by molar-refractivity contribution is -0.143. The van der Waals surface area contributed by atoms with Crippen molar-refractivity contribution in [1.29, 1.82) is 0 Å². The summed E-state index contributed by atoms with van der Waals surface area (Å²) in [6.07, 6.45) is 4.61. The highest BCUT2D eigenvalue weighted by molar-refractivity contribution is 5.87. The normalized spacial score (nSPS) is 9.24. The molecule has 0 fully saturated rings. The molecule has 6 heteroatoms. The van der Waals surface area contributed by atoms with Crippen molar-refractivity contribution in [1.82, 2.24) is 0 Å². The van der Waals surface area contributed by atoms with Gasteiger partial charge in [0.1, 0.15) is 0 Å². The first-order valence-electron chi connectivity index (χ1n) is 7.13. The van der Waals surface area contributed by atoms with Crippen LogP contribution in [0.25, 0.3) is 0 Å². The molecule has 0 aliphatic heterocycles. The number of carboxylic acids is 2. The average Bonchev–Trinajstić information content (AvgIpc) is 2.44. The number of carbonyl (C=O) groups is 3. The van der Waals surface area contributed by atoms with E-state index in [0.717, 1.165) is 12.8 Å². The zero-order chi connectivity index (χ0) is 16.7. The van der Waals surface area contributed by atoms with Gasteiger partial charge in [-0.05, 0) is 12.8 Å². The molecule has 0 saturated carbocycles. The molecule has 0 saturated heterocycles. The molecule has 0 amide bonds. The lowest BCUT2D eigenvalue weighted by atomic mass is 10.2. The Labute approximate surface area is 125 Å². The first-order chi connectivity index (χ1) is 9.84. The highest BCUT2D eigenvalue weighted by atomic mass is 16.5. The number of carboxylic acid groups (broad SMARTS) is 2. The number of hydrogen-bond acceptors (Lipinski definition) is 4. The molecule has 0 aromatic carbocycles. The third-order valence-electron chi connectivity index (χ3n) is 2.50. The summed E-state index contributed by atoms with van der Waals surface area (Å²) in [7, 11) is 0. The van der Waals surface area contributed by atoms with E-state index in [0.29, 0.717) is 18.6 Å². The zero-order valence-electron chi connectivity index (χ0n) is 12.9. The molecular formula is C15H26O6. The molecule has 0 spiro atoms. The van der Waals surface area contributed by atoms with Crippen molar-refractivity contribution >= 4 is 17.9 Å². The third-order valence-corrected chi connectivity index (χ3v) is 2.50. The lowest BCUT2D eigenvalue weighted by Crippen LogP contribution is -2.07. The smallest absolute Gasteiger partial charge is 0.333 e. The molecule has 6 nitrogen and oxygen atoms in total. The quantitative estimate of drug-likeness (QED) is 0.365. The maximum Gasteiger partial charge on any atom is 0.333 e. The first-order valence-corrected chi connectivity index (χ1v) is 7.13. The van der Waals surface area contributed by atoms with Crippen LogP contribution in [0.15, 0.2) is 12.2 Å². The molecule has 0 rings (SSSR count). The second kappa shape index (κ2) is 14.6. The minimum absolute atomic E-state index is 0.237. The molecule has 0 heterocycles. The van der Waals surface area contributed by atoms with Crippen molar-refractivity contribution in [2.45, 2.75) is 58.8 Å². The van der Waals surface area contributed by atoms with E-state index >= 15 is 0 Å². The summed E-state index contributed by atoms with van der Waals surface area (Å²) in [6.45, 7) is 8.21. The van der Waals surface area contributed by atoms with Crippen molar-refractivity contribution in [3.05, 3.63) is 12.2 Å². The van der Waals surface area contributed by atoms with Crippen molar-refractivity contribution < 1.29 is 29.3 Å². The molecule has 0 bridgehead atoms. The van der Waals surface area contributed by atoms with Crippen LogP contribution < -0.4 is 0 Å². The van der Waals surface area contributed by atoms with Gasteiger partial charge in [0.25, 0.3) is 0 Å². The van der Waals surface area contributed by atoms with Crippen LogP contribution in [0.3, 0.4) is 0 Å². The second-order valence-corrected chi connectivity index (χ2v) is 4.44. The van der Waals surface area contributed by atoms with Crippen LogP contribution in [0.4, 0.5) is 0 Å². The summed E-state index contributed by atoms with van der Waals surface area (Å²) in [5, 5.41) is 15.8. The Morgan fingerprint density at radius 3 is 1.86 bits per heavy atom. The Morgan fingerprint density at radius 1 is 0.952 bits per heavy atom. The van der Waals surface area contributed by atoms with E-state index in [9.17, 15) is 14.4 Å². The predicted molar refractivity (Wildman–Crippen MR) is 79.0 cm³/mol. The summed E-state index contributed by atoms with van der Waals surface area (Å²) in [6, 6.07) is 0. The van der Waals surface area contributed by atoms with Gasteiger partial charge in [-0.1, -0.05) is 39.7 Å². The number of unbranched alkanes of at least 4 members (excludes halogenated alkanes) is 3. The fourth-order valence-corrected chi connectivity index (χ4v) is 1.15. The van der Waals surface area contributed by atoms with Crippen LogP contribution in [-0.2, 0) is 19.1 Å². The van der Waals surface area contributed by atoms with Crippen LogP contribution in [0.2, 0.25) is 0 Å². The van der Waals surface area contributed by atoms with Crippen LogP contribution in [0.5, 0.6) is 0 Å². The second-order valence-electron chi connectivity index (χ2n) is 4.44. The molecule has 0 aliphatic carbocycles. The monoisotopic (exact) mass is 302 g/mol. The molecular weight excluding hydrogens is 276 g/mol. The average molecular weight is 302 g/mol. The fourth-order valence-electron chi connectivity index (χ4n) is 1.15. The largest absolute Gasteiger partial charge is 0.481 e. The van der Waals surface area contributed by atoms with Crippen molar-refractivity contribution in [3.8, 4) is 0 Å². The molecule has 21 heavy (non-hydrogen) atoms. The lowest BCUT2D eigenvalue weighted by Gasteiger charge is -2.04. The van der Waals surface area contributed by atoms with Gasteiger partial charge in [0.2, 0.25) is 0 Å². The summed E-state index contributed by atoms with van der Waals surface area (Å²) in [5.74, 6) is -2.39. The van der Waals surface area contributed by atoms with Crippen molar-refractivity contribution in [2.75, 3.05) is 6.61 Å². The number of carbonyl (C=O) groups excluding carboxylic acids is 1. The topological polar surface area (TPSA) is 101 Å². The minimum atomic E-state index is -1.08. The summed E-state index contributed by atoms with van der Waals surface area (Å²) in [4.78, 5) is 30.4. The molecule has 0 unspecified atom stereocenters. The Balaban J connectivity index is 0. The predicted octanol–water partition coefficient (Wildman–Crippen LogP) is 3.01. The van der Waals surface area contributed by atoms with Gasteiger partial charge in [-0.25, -0.2) is 4.79 Å². The fraction of sp³-hybridized carbons (Fsp3) is 0.667. The molecule has 122 valence electrons. The molecule has 0 atom stereocenters. The Bertz CT molecular complexity index is 321. The first kappa shape index (κ1) is 21.4. The van der Waals surface area contributed by atoms with Gasteiger partial charge < -0.3 is 14.9 Å². The number of ether oxygens (including phenoxy) is 1. The Hall–Kier alpha value is -1.85. The summed E-state index contributed by atoms with van der Waals surface area (Å²) >= 11 is 0. The van der Waals surface area contributed by atoms with E-state index in [1.54, 1.807) is 0 Å². The van der Waals surface area contributed by atoms with E-state index in [-0.39, 0.29) is 18.8 Å². The number of esters is 1. The van der Waals surface area contributed by atoms with Gasteiger partial charge in [-0.15, -0.1) is 0 Å². The van der Waals surface area contributed by atoms with Crippen LogP contribution in [0, 0.1) is 0 Å². The van der Waals surface area contributed by atoms with Crippen LogP contribution in [0.1, 0.15) is 58.8 Å². The number of aliphatic carboxylic acids is 2. The van der Waals surface area contributed by atoms with Crippen LogP contribution in [-0.4, -0.2) is 34.7 Å². The van der Waals surface area contributed by atoms with Crippen molar-refractivity contribution in [3.63, 3.8) is 0 Å². The standard InChI is InChI=1S/C11H20O2.C4H6O4/c1-4-6-7-8-9-13-11(12)10(3)5-2;5-3(6)1-2-4(7)8/h3-9H2,1-2H3;1-2H2,(H,5,6)(H,7,8). The van der Waals surface area contributed by atoms with Gasteiger partial charge in [0.05, 0.1) is 19.4 Å². The van der Waals surface area contributed by atoms with Gasteiger partial charge in [0.15, 0.2) is 0 Å². The van der Waals surface area contributed by atoms with E-state index in [1.165, 1.54) is 12.8 Å². The zero-order valence-corrected chi connectivity index (χ0v) is 12.9. The van der Waals surface area contributed by atoms with Crippen LogP contribution >= 0.6 is 0 Å². The highest BCUT2D eigenvalue weighted by Gasteiger charge is 2.04. The van der Waals surface area contributed by atoms with Gasteiger partial charge >= 0.3 is 17.9 Å². The highest BCUT2D eigenvalue weighted by Crippen LogP contribution is 2.03. The van der Waals surface area contributed by atoms with Crippen molar-refractivity contribution in [2.24, 2.45) is 0 Å². The van der Waals surface area contributed by atoms with E-state index in [4.69, 9.17) is 14.9 Å². The maximum atomic E-state index is 11.1. The molecule has 0 aromatic rings. The summed E-state index contributed by atoms with van der Waals surface area (Å²) in [5.41, 5.74) is 0.565. The summed E-state index contributed by atoms with van der Waals surface area (Å²) < 4.78 is 5.00. The van der Waals surface area contributed by atoms with E-state index in [2.05, 4.69) is 13.5 Å². The minimum Gasteiger partial charge on any atom is -0.481 e. The number of rotatable bonds is 10. The number of hydrogen-bond donors (Lipinski definition) is 2. The molecule has 0 aromatic heterocycles. The van der Waals surface area contributed by atoms with Gasteiger partial charge in [-0.3, -0.25) is 9.59 Å². The van der Waals surface area contributed by atoms with Gasteiger partial charge in [0, 0.05) is 5.57 Å². The van der Waals surface area contributed by atoms with E-state index < -0.39 is 11.9 Å². The molecule has 2 N–H and O–H groups in total. The van der Waals surface area contributed by atoms with E-state index in [1.807, 2.05) is 6.92 Å². The maximum absolute atomic E-state index is 11.1. The van der Waals surface area contributed by atoms with Gasteiger partial charge in [-0.2, -0.15) is 0 Å². The SMILES string of the molecule is C=C(CC)C(=O)OCCCCCC.O=C(O)CCC(=O)O.